The van der Waals surface area contributed by atoms with Crippen LogP contribution in [0.4, 0.5) is 0 Å². The molecule has 0 saturated heterocycles. The fourth-order valence-corrected chi connectivity index (χ4v) is 2.67. The molecule has 1 aliphatic carbocycles. The molecule has 2 aromatic rings. The van der Waals surface area contributed by atoms with E-state index in [1.807, 2.05) is 24.3 Å². The quantitative estimate of drug-likeness (QED) is 0.856. The Labute approximate surface area is 125 Å². The van der Waals surface area contributed by atoms with E-state index >= 15 is 0 Å². The third-order valence-electron chi connectivity index (χ3n) is 4.21. The lowest BCUT2D eigenvalue weighted by molar-refractivity contribution is -0.126. The van der Waals surface area contributed by atoms with Crippen LogP contribution in [0, 0.1) is 5.41 Å². The largest absolute Gasteiger partial charge is 0.350 e. The van der Waals surface area contributed by atoms with E-state index in [9.17, 15) is 4.79 Å². The van der Waals surface area contributed by atoms with Gasteiger partial charge in [-0.2, -0.15) is 5.10 Å². The normalized spacial score (nSPS) is 15.7. The molecule has 1 fully saturated rings. The lowest BCUT2D eigenvalue weighted by atomic mass is 9.95. The molecule has 1 aromatic heterocycles. The van der Waals surface area contributed by atoms with Gasteiger partial charge >= 0.3 is 0 Å². The smallest absolute Gasteiger partial charge is 0.226 e. The van der Waals surface area contributed by atoms with Gasteiger partial charge in [-0.05, 0) is 37.3 Å². The van der Waals surface area contributed by atoms with E-state index in [0.29, 0.717) is 6.54 Å². The molecule has 0 spiro atoms. The number of H-pyrrole nitrogens is 1. The van der Waals surface area contributed by atoms with Gasteiger partial charge in [-0.3, -0.25) is 9.89 Å². The highest BCUT2D eigenvalue weighted by atomic mass is 16.2. The highest BCUT2D eigenvalue weighted by Crippen LogP contribution is 2.48. The highest BCUT2D eigenvalue weighted by Gasteiger charge is 2.49. The number of hydrogen-bond donors (Lipinski definition) is 2. The molecule has 0 radical (unpaired) electrons. The van der Waals surface area contributed by atoms with Gasteiger partial charge in [0.25, 0.3) is 0 Å². The van der Waals surface area contributed by atoms with Crippen molar-refractivity contribution in [2.24, 2.45) is 5.41 Å². The maximum atomic E-state index is 12.4. The molecular weight excluding hydrogens is 262 g/mol. The van der Waals surface area contributed by atoms with Crippen LogP contribution in [-0.4, -0.2) is 16.1 Å². The molecule has 3 rings (SSSR count). The monoisotopic (exact) mass is 283 g/mol. The molecule has 1 saturated carbocycles. The Morgan fingerprint density at radius 3 is 2.71 bits per heavy atom. The number of nitrogens with one attached hydrogen (secondary N) is 2. The fraction of sp³-hybridized carbons (Fsp3) is 0.412. The Hall–Kier alpha value is -2.10. The average Bonchev–Trinajstić information content (AvgIpc) is 3.14. The second-order valence-corrected chi connectivity index (χ2v) is 5.86. The molecule has 0 atom stereocenters. The standard InChI is InChI=1S/C17H21N3O/c1-2-14-10-15(20-19-14)12-18-16(21)17(8-9-17)11-13-6-4-3-5-7-13/h3-7,10H,2,8-9,11-12H2,1H3,(H,18,21)(H,19,20). The van der Waals surface area contributed by atoms with Gasteiger partial charge in [-0.15, -0.1) is 0 Å². The second kappa shape index (κ2) is 5.72. The van der Waals surface area contributed by atoms with E-state index in [4.69, 9.17) is 0 Å². The molecular formula is C17H21N3O. The van der Waals surface area contributed by atoms with Gasteiger partial charge in [0.15, 0.2) is 0 Å². The number of carbonyl (C=O) groups excluding carboxylic acids is 1. The molecule has 110 valence electrons. The predicted molar refractivity (Wildman–Crippen MR) is 81.6 cm³/mol. The van der Waals surface area contributed by atoms with Crippen molar-refractivity contribution in [3.8, 4) is 0 Å². The minimum atomic E-state index is -0.186. The third kappa shape index (κ3) is 3.15. The number of carbonyl (C=O) groups is 1. The Morgan fingerprint density at radius 2 is 2.10 bits per heavy atom. The van der Waals surface area contributed by atoms with Gasteiger partial charge in [0, 0.05) is 0 Å². The van der Waals surface area contributed by atoms with Crippen LogP contribution in [0.1, 0.15) is 36.7 Å². The number of aromatic amines is 1. The van der Waals surface area contributed by atoms with E-state index < -0.39 is 0 Å². The van der Waals surface area contributed by atoms with Crippen molar-refractivity contribution in [2.45, 2.75) is 39.2 Å². The summed E-state index contributed by atoms with van der Waals surface area (Å²) in [5.41, 5.74) is 3.05. The topological polar surface area (TPSA) is 57.8 Å². The first-order chi connectivity index (χ1) is 10.2. The Morgan fingerprint density at radius 1 is 1.33 bits per heavy atom. The van der Waals surface area contributed by atoms with Crippen LogP contribution < -0.4 is 5.32 Å². The summed E-state index contributed by atoms with van der Waals surface area (Å²) in [6.07, 6.45) is 3.71. The summed E-state index contributed by atoms with van der Waals surface area (Å²) >= 11 is 0. The number of aryl methyl sites for hydroxylation is 1. The molecule has 0 unspecified atom stereocenters. The lowest BCUT2D eigenvalue weighted by Gasteiger charge is -2.15. The highest BCUT2D eigenvalue weighted by molar-refractivity contribution is 5.85. The van der Waals surface area contributed by atoms with Crippen molar-refractivity contribution in [3.05, 3.63) is 53.3 Å². The van der Waals surface area contributed by atoms with E-state index in [1.165, 1.54) is 5.56 Å². The number of nitrogens with zero attached hydrogens (tertiary/aromatic N) is 1. The second-order valence-electron chi connectivity index (χ2n) is 5.86. The zero-order valence-electron chi connectivity index (χ0n) is 12.4. The number of aromatic nitrogens is 2. The fourth-order valence-electron chi connectivity index (χ4n) is 2.67. The summed E-state index contributed by atoms with van der Waals surface area (Å²) in [6, 6.07) is 12.3. The van der Waals surface area contributed by atoms with E-state index in [2.05, 4.69) is 34.6 Å². The molecule has 1 heterocycles. The van der Waals surface area contributed by atoms with Crippen molar-refractivity contribution in [2.75, 3.05) is 0 Å². The zero-order chi connectivity index (χ0) is 14.7. The molecule has 1 aliphatic rings. The number of rotatable bonds is 6. The average molecular weight is 283 g/mol. The lowest BCUT2D eigenvalue weighted by Crippen LogP contribution is -2.33. The van der Waals surface area contributed by atoms with Gasteiger partial charge in [0.1, 0.15) is 0 Å². The van der Waals surface area contributed by atoms with E-state index in [1.54, 1.807) is 0 Å². The summed E-state index contributed by atoms with van der Waals surface area (Å²) < 4.78 is 0. The van der Waals surface area contributed by atoms with Gasteiger partial charge in [0.05, 0.1) is 23.3 Å². The first-order valence-corrected chi connectivity index (χ1v) is 7.57. The van der Waals surface area contributed by atoms with Crippen molar-refractivity contribution in [1.29, 1.82) is 0 Å². The SMILES string of the molecule is CCc1cc(CNC(=O)C2(Cc3ccccc3)CC2)[nH]n1. The molecule has 0 bridgehead atoms. The van der Waals surface area contributed by atoms with Crippen LogP contribution in [0.5, 0.6) is 0 Å². The molecule has 1 amide bonds. The van der Waals surface area contributed by atoms with Crippen molar-refractivity contribution < 1.29 is 4.79 Å². The van der Waals surface area contributed by atoms with Gasteiger partial charge in [-0.25, -0.2) is 0 Å². The van der Waals surface area contributed by atoms with Crippen LogP contribution in [0.15, 0.2) is 36.4 Å². The Bertz CT molecular complexity index is 614. The summed E-state index contributed by atoms with van der Waals surface area (Å²) in [5.74, 6) is 0.166. The van der Waals surface area contributed by atoms with Crippen LogP contribution in [0.25, 0.3) is 0 Å². The zero-order valence-corrected chi connectivity index (χ0v) is 12.4. The molecule has 4 nitrogen and oxygen atoms in total. The number of hydrogen-bond acceptors (Lipinski definition) is 2. The molecule has 21 heavy (non-hydrogen) atoms. The molecule has 4 heteroatoms. The van der Waals surface area contributed by atoms with E-state index in [0.717, 1.165) is 37.1 Å². The van der Waals surface area contributed by atoms with Gasteiger partial charge in [0.2, 0.25) is 5.91 Å². The van der Waals surface area contributed by atoms with Gasteiger partial charge < -0.3 is 5.32 Å². The van der Waals surface area contributed by atoms with Crippen molar-refractivity contribution >= 4 is 5.91 Å². The van der Waals surface area contributed by atoms with Crippen LogP contribution in [0.3, 0.4) is 0 Å². The first kappa shape index (κ1) is 13.9. The number of amides is 1. The molecule has 2 N–H and O–H groups in total. The summed E-state index contributed by atoms with van der Waals surface area (Å²) in [6.45, 7) is 2.60. The first-order valence-electron chi connectivity index (χ1n) is 7.57. The molecule has 1 aromatic carbocycles. The van der Waals surface area contributed by atoms with Crippen molar-refractivity contribution in [1.82, 2.24) is 15.5 Å². The predicted octanol–water partition coefficient (Wildman–Crippen LogP) is 2.61. The van der Waals surface area contributed by atoms with Gasteiger partial charge in [-0.1, -0.05) is 37.3 Å². The third-order valence-corrected chi connectivity index (χ3v) is 4.21. The minimum absolute atomic E-state index is 0.166. The minimum Gasteiger partial charge on any atom is -0.350 e. The molecule has 0 aliphatic heterocycles. The Balaban J connectivity index is 1.57. The maximum absolute atomic E-state index is 12.4. The van der Waals surface area contributed by atoms with Crippen LogP contribution in [0.2, 0.25) is 0 Å². The Kier molecular flexibility index (Phi) is 3.78. The van der Waals surface area contributed by atoms with Crippen molar-refractivity contribution in [3.63, 3.8) is 0 Å². The summed E-state index contributed by atoms with van der Waals surface area (Å²) in [7, 11) is 0. The summed E-state index contributed by atoms with van der Waals surface area (Å²) in [4.78, 5) is 12.4. The van der Waals surface area contributed by atoms with Crippen LogP contribution >= 0.6 is 0 Å². The summed E-state index contributed by atoms with van der Waals surface area (Å²) in [5, 5.41) is 10.2. The van der Waals surface area contributed by atoms with E-state index in [-0.39, 0.29) is 11.3 Å². The maximum Gasteiger partial charge on any atom is 0.226 e. The van der Waals surface area contributed by atoms with Crippen LogP contribution in [-0.2, 0) is 24.2 Å². The number of benzene rings is 1.